The van der Waals surface area contributed by atoms with Crippen molar-refractivity contribution in [3.63, 3.8) is 0 Å². The van der Waals surface area contributed by atoms with E-state index in [2.05, 4.69) is 21.5 Å². The first-order valence-corrected chi connectivity index (χ1v) is 8.41. The SMILES string of the molecule is Cn1nccc1-c1cncc(CNC(=O)CCC2CCCC2)c1. The molecule has 1 aliphatic rings. The Morgan fingerprint density at radius 2 is 2.17 bits per heavy atom. The van der Waals surface area contributed by atoms with Crippen LogP contribution in [0.5, 0.6) is 0 Å². The maximum Gasteiger partial charge on any atom is 0.220 e. The van der Waals surface area contributed by atoms with E-state index in [9.17, 15) is 4.79 Å². The van der Waals surface area contributed by atoms with Crippen LogP contribution in [0.15, 0.2) is 30.7 Å². The number of rotatable bonds is 6. The highest BCUT2D eigenvalue weighted by Gasteiger charge is 2.16. The quantitative estimate of drug-likeness (QED) is 0.891. The molecule has 0 atom stereocenters. The summed E-state index contributed by atoms with van der Waals surface area (Å²) in [6.07, 6.45) is 12.3. The second-order valence-electron chi connectivity index (χ2n) is 6.39. The predicted octanol–water partition coefficient (Wildman–Crippen LogP) is 3.07. The summed E-state index contributed by atoms with van der Waals surface area (Å²) in [5.41, 5.74) is 3.05. The summed E-state index contributed by atoms with van der Waals surface area (Å²) in [7, 11) is 1.91. The number of hydrogen-bond acceptors (Lipinski definition) is 3. The minimum Gasteiger partial charge on any atom is -0.352 e. The fourth-order valence-corrected chi connectivity index (χ4v) is 3.30. The van der Waals surface area contributed by atoms with Gasteiger partial charge in [0.15, 0.2) is 0 Å². The standard InChI is InChI=1S/C18H24N4O/c1-22-17(8-9-21-22)16-10-15(11-19-13-16)12-20-18(23)7-6-14-4-2-3-5-14/h8-11,13-14H,2-7,12H2,1H3,(H,20,23). The average molecular weight is 312 g/mol. The van der Waals surface area contributed by atoms with Gasteiger partial charge in [0, 0.05) is 44.2 Å². The van der Waals surface area contributed by atoms with Crippen molar-refractivity contribution in [3.8, 4) is 11.3 Å². The number of aryl methyl sites for hydroxylation is 1. The maximum atomic E-state index is 12.0. The van der Waals surface area contributed by atoms with Crippen LogP contribution in [0.2, 0.25) is 0 Å². The van der Waals surface area contributed by atoms with Gasteiger partial charge < -0.3 is 5.32 Å². The summed E-state index contributed by atoms with van der Waals surface area (Å²) >= 11 is 0. The van der Waals surface area contributed by atoms with Gasteiger partial charge in [0.25, 0.3) is 0 Å². The van der Waals surface area contributed by atoms with Gasteiger partial charge in [-0.15, -0.1) is 0 Å². The number of carbonyl (C=O) groups is 1. The van der Waals surface area contributed by atoms with E-state index in [4.69, 9.17) is 0 Å². The van der Waals surface area contributed by atoms with Crippen LogP contribution in [0.25, 0.3) is 11.3 Å². The van der Waals surface area contributed by atoms with E-state index in [1.807, 2.05) is 24.0 Å². The van der Waals surface area contributed by atoms with Gasteiger partial charge in [0.1, 0.15) is 0 Å². The Balaban J connectivity index is 1.52. The van der Waals surface area contributed by atoms with Crippen molar-refractivity contribution >= 4 is 5.91 Å². The third-order valence-electron chi connectivity index (χ3n) is 4.66. The molecule has 3 rings (SSSR count). The van der Waals surface area contributed by atoms with Crippen molar-refractivity contribution in [1.29, 1.82) is 0 Å². The van der Waals surface area contributed by atoms with Crippen LogP contribution in [0, 0.1) is 5.92 Å². The molecule has 0 radical (unpaired) electrons. The molecule has 2 aromatic rings. The largest absolute Gasteiger partial charge is 0.352 e. The monoisotopic (exact) mass is 312 g/mol. The predicted molar refractivity (Wildman–Crippen MR) is 89.5 cm³/mol. The molecule has 23 heavy (non-hydrogen) atoms. The summed E-state index contributed by atoms with van der Waals surface area (Å²) in [6, 6.07) is 4.02. The first-order valence-electron chi connectivity index (χ1n) is 8.41. The zero-order valence-corrected chi connectivity index (χ0v) is 13.7. The molecule has 0 aliphatic heterocycles. The lowest BCUT2D eigenvalue weighted by Crippen LogP contribution is -2.23. The Morgan fingerprint density at radius 3 is 2.91 bits per heavy atom. The number of hydrogen-bond donors (Lipinski definition) is 1. The highest BCUT2D eigenvalue weighted by molar-refractivity contribution is 5.75. The molecular formula is C18H24N4O. The third-order valence-corrected chi connectivity index (χ3v) is 4.66. The van der Waals surface area contributed by atoms with Crippen LogP contribution in [0.3, 0.4) is 0 Å². The van der Waals surface area contributed by atoms with Crippen molar-refractivity contribution in [2.75, 3.05) is 0 Å². The van der Waals surface area contributed by atoms with Crippen molar-refractivity contribution in [2.24, 2.45) is 13.0 Å². The average Bonchev–Trinajstić information content (AvgIpc) is 3.22. The lowest BCUT2D eigenvalue weighted by Gasteiger charge is -2.10. The molecule has 1 fully saturated rings. The zero-order chi connectivity index (χ0) is 16.1. The first kappa shape index (κ1) is 15.7. The minimum atomic E-state index is 0.142. The summed E-state index contributed by atoms with van der Waals surface area (Å²) < 4.78 is 1.82. The van der Waals surface area contributed by atoms with Crippen LogP contribution < -0.4 is 5.32 Å². The second kappa shape index (κ2) is 7.40. The summed E-state index contributed by atoms with van der Waals surface area (Å²) in [6.45, 7) is 0.530. The van der Waals surface area contributed by atoms with Gasteiger partial charge in [0.05, 0.1) is 5.69 Å². The number of pyridine rings is 1. The van der Waals surface area contributed by atoms with Gasteiger partial charge in [-0.1, -0.05) is 25.7 Å². The topological polar surface area (TPSA) is 59.8 Å². The Bertz CT molecular complexity index is 659. The Morgan fingerprint density at radius 1 is 1.35 bits per heavy atom. The number of carbonyl (C=O) groups excluding carboxylic acids is 1. The van der Waals surface area contributed by atoms with E-state index in [0.717, 1.165) is 29.2 Å². The Kier molecular flexibility index (Phi) is 5.05. The minimum absolute atomic E-state index is 0.142. The van der Waals surface area contributed by atoms with E-state index in [1.165, 1.54) is 25.7 Å². The van der Waals surface area contributed by atoms with Gasteiger partial charge in [0.2, 0.25) is 5.91 Å². The molecule has 0 unspecified atom stereocenters. The highest BCUT2D eigenvalue weighted by Crippen LogP contribution is 2.28. The molecule has 1 amide bonds. The third kappa shape index (κ3) is 4.18. The van der Waals surface area contributed by atoms with Crippen LogP contribution >= 0.6 is 0 Å². The molecule has 5 nitrogen and oxygen atoms in total. The first-order chi connectivity index (χ1) is 11.2. The van der Waals surface area contributed by atoms with Crippen molar-refractivity contribution in [2.45, 2.75) is 45.1 Å². The Hall–Kier alpha value is -2.17. The van der Waals surface area contributed by atoms with E-state index < -0.39 is 0 Å². The van der Waals surface area contributed by atoms with Gasteiger partial charge >= 0.3 is 0 Å². The molecule has 1 N–H and O–H groups in total. The van der Waals surface area contributed by atoms with Crippen LogP contribution in [0.4, 0.5) is 0 Å². The number of nitrogens with zero attached hydrogens (tertiary/aromatic N) is 3. The van der Waals surface area contributed by atoms with E-state index >= 15 is 0 Å². The lowest BCUT2D eigenvalue weighted by molar-refractivity contribution is -0.121. The Labute approximate surface area is 137 Å². The normalized spacial score (nSPS) is 15.0. The molecule has 1 saturated carbocycles. The van der Waals surface area contributed by atoms with Crippen LogP contribution in [-0.4, -0.2) is 20.7 Å². The van der Waals surface area contributed by atoms with E-state index in [0.29, 0.717) is 13.0 Å². The lowest BCUT2D eigenvalue weighted by atomic mass is 10.0. The number of aromatic nitrogens is 3. The molecule has 0 spiro atoms. The van der Waals surface area contributed by atoms with Crippen LogP contribution in [0.1, 0.15) is 44.1 Å². The molecule has 122 valence electrons. The van der Waals surface area contributed by atoms with Gasteiger partial charge in [-0.05, 0) is 30.0 Å². The number of amides is 1. The molecular weight excluding hydrogens is 288 g/mol. The molecule has 0 saturated heterocycles. The summed E-state index contributed by atoms with van der Waals surface area (Å²) in [5, 5.41) is 7.19. The molecule has 0 aromatic carbocycles. The molecule has 1 aliphatic carbocycles. The fourth-order valence-electron chi connectivity index (χ4n) is 3.30. The summed E-state index contributed by atoms with van der Waals surface area (Å²) in [5.74, 6) is 0.901. The van der Waals surface area contributed by atoms with E-state index in [1.54, 1.807) is 12.4 Å². The van der Waals surface area contributed by atoms with Crippen molar-refractivity contribution in [1.82, 2.24) is 20.1 Å². The fraction of sp³-hybridized carbons (Fsp3) is 0.500. The van der Waals surface area contributed by atoms with Gasteiger partial charge in [-0.2, -0.15) is 5.10 Å². The van der Waals surface area contributed by atoms with Gasteiger partial charge in [-0.3, -0.25) is 14.5 Å². The van der Waals surface area contributed by atoms with Crippen molar-refractivity contribution in [3.05, 3.63) is 36.3 Å². The maximum absolute atomic E-state index is 12.0. The molecule has 2 heterocycles. The van der Waals surface area contributed by atoms with E-state index in [-0.39, 0.29) is 5.91 Å². The smallest absolute Gasteiger partial charge is 0.220 e. The second-order valence-corrected chi connectivity index (χ2v) is 6.39. The molecule has 2 aromatic heterocycles. The van der Waals surface area contributed by atoms with Gasteiger partial charge in [-0.25, -0.2) is 0 Å². The summed E-state index contributed by atoms with van der Waals surface area (Å²) in [4.78, 5) is 16.3. The van der Waals surface area contributed by atoms with Crippen LogP contribution in [-0.2, 0) is 18.4 Å². The van der Waals surface area contributed by atoms with Crippen molar-refractivity contribution < 1.29 is 4.79 Å². The molecule has 0 bridgehead atoms. The molecule has 5 heteroatoms. The number of nitrogens with one attached hydrogen (secondary N) is 1. The highest BCUT2D eigenvalue weighted by atomic mass is 16.1. The zero-order valence-electron chi connectivity index (χ0n) is 13.7.